The number of carbonyl (C=O) groups excluding carboxylic acids is 1. The van der Waals surface area contributed by atoms with E-state index >= 15 is 0 Å². The van der Waals surface area contributed by atoms with E-state index in [1.807, 2.05) is 30.3 Å². The third-order valence-electron chi connectivity index (χ3n) is 3.27. The summed E-state index contributed by atoms with van der Waals surface area (Å²) in [6.07, 6.45) is 0. The Hall–Kier alpha value is -2.33. The van der Waals surface area contributed by atoms with E-state index in [9.17, 15) is 15.0 Å². The van der Waals surface area contributed by atoms with Crippen LogP contribution in [0.15, 0.2) is 54.6 Å². The first-order valence-electron chi connectivity index (χ1n) is 6.34. The Labute approximate surface area is 117 Å². The van der Waals surface area contributed by atoms with E-state index in [4.69, 9.17) is 0 Å². The number of benzene rings is 2. The lowest BCUT2D eigenvalue weighted by Gasteiger charge is -2.29. The number of amides is 1. The van der Waals surface area contributed by atoms with Crippen molar-refractivity contribution in [1.29, 1.82) is 0 Å². The van der Waals surface area contributed by atoms with Crippen LogP contribution in [0.4, 0.5) is 0 Å². The normalized spacial score (nSPS) is 13.5. The van der Waals surface area contributed by atoms with E-state index < -0.39 is 11.4 Å². The number of para-hydroxylation sites is 1. The van der Waals surface area contributed by atoms with Gasteiger partial charge in [0.2, 0.25) is 0 Å². The molecule has 104 valence electrons. The summed E-state index contributed by atoms with van der Waals surface area (Å²) in [6, 6.07) is 15.5. The molecule has 2 aromatic carbocycles. The summed E-state index contributed by atoms with van der Waals surface area (Å²) >= 11 is 0. The fourth-order valence-corrected chi connectivity index (χ4v) is 1.99. The topological polar surface area (TPSA) is 69.6 Å². The lowest BCUT2D eigenvalue weighted by atomic mass is 9.92. The summed E-state index contributed by atoms with van der Waals surface area (Å²) in [5.74, 6) is -0.512. The van der Waals surface area contributed by atoms with E-state index in [0.29, 0.717) is 0 Å². The van der Waals surface area contributed by atoms with Crippen LogP contribution >= 0.6 is 0 Å². The molecule has 0 aliphatic rings. The number of phenols is 1. The van der Waals surface area contributed by atoms with Crippen molar-refractivity contribution in [1.82, 2.24) is 5.32 Å². The number of rotatable bonds is 4. The maximum absolute atomic E-state index is 12.2. The molecule has 0 heterocycles. The highest BCUT2D eigenvalue weighted by Crippen LogP contribution is 2.22. The van der Waals surface area contributed by atoms with Gasteiger partial charge in [0.15, 0.2) is 0 Å². The highest BCUT2D eigenvalue weighted by atomic mass is 16.3. The molecule has 0 bridgehead atoms. The minimum atomic E-state index is -0.902. The van der Waals surface area contributed by atoms with Gasteiger partial charge in [-0.25, -0.2) is 0 Å². The summed E-state index contributed by atoms with van der Waals surface area (Å²) in [5.41, 5.74) is 0.0787. The monoisotopic (exact) mass is 271 g/mol. The Kier molecular flexibility index (Phi) is 4.05. The zero-order chi connectivity index (χ0) is 14.6. The van der Waals surface area contributed by atoms with Crippen molar-refractivity contribution in [3.05, 3.63) is 65.7 Å². The number of phenolic OH excluding ortho intramolecular Hbond substituents is 1. The molecule has 0 saturated heterocycles. The second-order valence-electron chi connectivity index (χ2n) is 4.83. The highest BCUT2D eigenvalue weighted by Gasteiger charge is 2.28. The number of aromatic hydroxyl groups is 1. The van der Waals surface area contributed by atoms with Crippen LogP contribution in [0, 0.1) is 0 Å². The lowest BCUT2D eigenvalue weighted by Crippen LogP contribution is -2.46. The van der Waals surface area contributed by atoms with Crippen LogP contribution in [-0.4, -0.2) is 22.7 Å². The van der Waals surface area contributed by atoms with Gasteiger partial charge in [0, 0.05) is 0 Å². The van der Waals surface area contributed by atoms with Gasteiger partial charge in [-0.3, -0.25) is 4.79 Å². The molecule has 0 spiro atoms. The molecule has 0 saturated carbocycles. The minimum Gasteiger partial charge on any atom is -0.507 e. The Bertz CT molecular complexity index is 598. The molecule has 4 heteroatoms. The molecular formula is C16H17NO3. The van der Waals surface area contributed by atoms with E-state index in [0.717, 1.165) is 5.56 Å². The molecule has 0 aromatic heterocycles. The molecular weight excluding hydrogens is 254 g/mol. The predicted molar refractivity (Wildman–Crippen MR) is 76.5 cm³/mol. The second-order valence-corrected chi connectivity index (χ2v) is 4.83. The molecule has 2 rings (SSSR count). The summed E-state index contributed by atoms with van der Waals surface area (Å²) < 4.78 is 0. The fraction of sp³-hybridized carbons (Fsp3) is 0.188. The third-order valence-corrected chi connectivity index (χ3v) is 3.27. The van der Waals surface area contributed by atoms with Crippen LogP contribution < -0.4 is 5.32 Å². The van der Waals surface area contributed by atoms with Gasteiger partial charge in [-0.15, -0.1) is 0 Å². The first-order valence-corrected chi connectivity index (χ1v) is 6.34. The maximum Gasteiger partial charge on any atom is 0.255 e. The van der Waals surface area contributed by atoms with E-state index in [2.05, 4.69) is 5.32 Å². The summed E-state index contributed by atoms with van der Waals surface area (Å²) in [7, 11) is 0. The van der Waals surface area contributed by atoms with Crippen LogP contribution in [-0.2, 0) is 5.54 Å². The van der Waals surface area contributed by atoms with Crippen molar-refractivity contribution < 1.29 is 15.0 Å². The van der Waals surface area contributed by atoms with Crippen LogP contribution in [0.3, 0.4) is 0 Å². The van der Waals surface area contributed by atoms with Gasteiger partial charge < -0.3 is 15.5 Å². The SMILES string of the molecule is CC(CO)(NC(=O)c1ccccc1O)c1ccccc1. The average Bonchev–Trinajstić information content (AvgIpc) is 2.48. The van der Waals surface area contributed by atoms with Crippen molar-refractivity contribution in [2.45, 2.75) is 12.5 Å². The molecule has 1 unspecified atom stereocenters. The van der Waals surface area contributed by atoms with Gasteiger partial charge in [-0.05, 0) is 24.6 Å². The first kappa shape index (κ1) is 14.1. The number of hydrogen-bond acceptors (Lipinski definition) is 3. The molecule has 4 nitrogen and oxygen atoms in total. The second kappa shape index (κ2) is 5.75. The van der Waals surface area contributed by atoms with Gasteiger partial charge in [0.1, 0.15) is 5.75 Å². The van der Waals surface area contributed by atoms with Crippen molar-refractivity contribution in [2.75, 3.05) is 6.61 Å². The van der Waals surface area contributed by atoms with Gasteiger partial charge >= 0.3 is 0 Å². The summed E-state index contributed by atoms with van der Waals surface area (Å²) in [6.45, 7) is 1.50. The van der Waals surface area contributed by atoms with Crippen molar-refractivity contribution in [2.24, 2.45) is 0 Å². The third kappa shape index (κ3) is 2.81. The summed E-state index contributed by atoms with van der Waals surface area (Å²) in [4.78, 5) is 12.2. The predicted octanol–water partition coefficient (Wildman–Crippen LogP) is 2.03. The molecule has 3 N–H and O–H groups in total. The molecule has 1 amide bonds. The molecule has 20 heavy (non-hydrogen) atoms. The Balaban J connectivity index is 2.27. The Morgan fingerprint density at radius 3 is 2.30 bits per heavy atom. The highest BCUT2D eigenvalue weighted by molar-refractivity contribution is 5.97. The maximum atomic E-state index is 12.2. The molecule has 0 radical (unpaired) electrons. The molecule has 0 aliphatic carbocycles. The number of aliphatic hydroxyl groups excluding tert-OH is 1. The van der Waals surface area contributed by atoms with Gasteiger partial charge in [0.25, 0.3) is 5.91 Å². The largest absolute Gasteiger partial charge is 0.507 e. The van der Waals surface area contributed by atoms with Crippen molar-refractivity contribution in [3.8, 4) is 5.75 Å². The smallest absolute Gasteiger partial charge is 0.255 e. The summed E-state index contributed by atoms with van der Waals surface area (Å²) in [5, 5.41) is 22.1. The molecule has 1 atom stereocenters. The Morgan fingerprint density at radius 1 is 1.10 bits per heavy atom. The lowest BCUT2D eigenvalue weighted by molar-refractivity contribution is 0.0847. The quantitative estimate of drug-likeness (QED) is 0.797. The van der Waals surface area contributed by atoms with Gasteiger partial charge in [0.05, 0.1) is 17.7 Å². The van der Waals surface area contributed by atoms with Crippen molar-refractivity contribution in [3.63, 3.8) is 0 Å². The van der Waals surface area contributed by atoms with Crippen LogP contribution in [0.2, 0.25) is 0 Å². The van der Waals surface area contributed by atoms with Crippen molar-refractivity contribution >= 4 is 5.91 Å². The van der Waals surface area contributed by atoms with Crippen LogP contribution in [0.25, 0.3) is 0 Å². The standard InChI is InChI=1S/C16H17NO3/c1-16(11-18,12-7-3-2-4-8-12)17-15(20)13-9-5-6-10-14(13)19/h2-10,18-19H,11H2,1H3,(H,17,20). The zero-order valence-electron chi connectivity index (χ0n) is 11.2. The number of hydrogen-bond donors (Lipinski definition) is 3. The minimum absolute atomic E-state index is 0.0849. The molecule has 2 aromatic rings. The molecule has 0 fully saturated rings. The van der Waals surface area contributed by atoms with Crippen LogP contribution in [0.1, 0.15) is 22.8 Å². The van der Waals surface area contributed by atoms with E-state index in [-0.39, 0.29) is 17.9 Å². The van der Waals surface area contributed by atoms with E-state index in [1.54, 1.807) is 19.1 Å². The fourth-order valence-electron chi connectivity index (χ4n) is 1.99. The Morgan fingerprint density at radius 2 is 1.70 bits per heavy atom. The average molecular weight is 271 g/mol. The zero-order valence-corrected chi connectivity index (χ0v) is 11.2. The number of aliphatic hydroxyl groups is 1. The number of carbonyl (C=O) groups is 1. The van der Waals surface area contributed by atoms with Gasteiger partial charge in [-0.2, -0.15) is 0 Å². The van der Waals surface area contributed by atoms with Gasteiger partial charge in [-0.1, -0.05) is 42.5 Å². The molecule has 0 aliphatic heterocycles. The first-order chi connectivity index (χ1) is 9.57. The van der Waals surface area contributed by atoms with Crippen LogP contribution in [0.5, 0.6) is 5.75 Å². The van der Waals surface area contributed by atoms with E-state index in [1.165, 1.54) is 12.1 Å². The number of nitrogens with one attached hydrogen (secondary N) is 1.